The van der Waals surface area contributed by atoms with Gasteiger partial charge in [-0.25, -0.2) is 9.78 Å². The van der Waals surface area contributed by atoms with Gasteiger partial charge in [0.05, 0.1) is 10.9 Å². The first-order valence-electron chi connectivity index (χ1n) is 9.25. The maximum atomic E-state index is 12.9. The van der Waals surface area contributed by atoms with E-state index in [-0.39, 0.29) is 5.56 Å². The van der Waals surface area contributed by atoms with Crippen LogP contribution >= 0.6 is 23.2 Å². The fraction of sp³-hybridized carbons (Fsp3) is 0.0909. The highest BCUT2D eigenvalue weighted by molar-refractivity contribution is 6.54. The lowest BCUT2D eigenvalue weighted by molar-refractivity contribution is -0.132. The number of carboxylic acids is 1. The second-order valence-electron chi connectivity index (χ2n) is 6.84. The molecule has 1 amide bonds. The molecule has 0 atom stereocenters. The number of nitrogens with one attached hydrogen (secondary N) is 1. The van der Waals surface area contributed by atoms with Crippen molar-refractivity contribution in [2.45, 2.75) is 13.0 Å². The summed E-state index contributed by atoms with van der Waals surface area (Å²) >= 11 is 11.2. The summed E-state index contributed by atoms with van der Waals surface area (Å²) in [4.78, 5) is 40.6. The molecule has 1 aliphatic heterocycles. The van der Waals surface area contributed by atoms with Gasteiger partial charge in [0.2, 0.25) is 0 Å². The van der Waals surface area contributed by atoms with Gasteiger partial charge in [-0.15, -0.1) is 0 Å². The van der Waals surface area contributed by atoms with Gasteiger partial charge in [0, 0.05) is 12.2 Å². The van der Waals surface area contributed by atoms with E-state index in [9.17, 15) is 14.4 Å². The maximum absolute atomic E-state index is 12.9. The van der Waals surface area contributed by atoms with Crippen LogP contribution in [0.1, 0.15) is 17.8 Å². The number of anilines is 1. The van der Waals surface area contributed by atoms with E-state index in [1.807, 2.05) is 36.4 Å². The fourth-order valence-electron chi connectivity index (χ4n) is 3.36. The number of aromatic nitrogens is 2. The lowest BCUT2D eigenvalue weighted by atomic mass is 10.1. The monoisotopic (exact) mass is 455 g/mol. The lowest BCUT2D eigenvalue weighted by Gasteiger charge is -2.09. The average molecular weight is 456 g/mol. The molecule has 0 bridgehead atoms. The topological polar surface area (TPSA) is 101 Å². The molecule has 0 spiro atoms. The third-order valence-corrected chi connectivity index (χ3v) is 5.63. The minimum Gasteiger partial charge on any atom is -0.477 e. The summed E-state index contributed by atoms with van der Waals surface area (Å²) in [6, 6.07) is 14.4. The lowest BCUT2D eigenvalue weighted by Crippen LogP contribution is -2.21. The van der Waals surface area contributed by atoms with E-state index in [1.165, 1.54) is 12.1 Å². The molecule has 2 aromatic carbocycles. The summed E-state index contributed by atoms with van der Waals surface area (Å²) in [5, 5.41) is 10.3. The van der Waals surface area contributed by atoms with Crippen molar-refractivity contribution in [3.05, 3.63) is 80.3 Å². The molecule has 9 heteroatoms. The zero-order valence-electron chi connectivity index (χ0n) is 15.9. The number of halogens is 2. The van der Waals surface area contributed by atoms with Crippen LogP contribution in [0.4, 0.5) is 5.69 Å². The van der Waals surface area contributed by atoms with Crippen LogP contribution in [0.2, 0.25) is 0 Å². The molecule has 1 aliphatic rings. The smallest absolute Gasteiger partial charge is 0.349 e. The zero-order valence-corrected chi connectivity index (χ0v) is 17.4. The van der Waals surface area contributed by atoms with E-state index in [1.54, 1.807) is 10.6 Å². The van der Waals surface area contributed by atoms with E-state index in [4.69, 9.17) is 28.3 Å². The van der Waals surface area contributed by atoms with Crippen LogP contribution in [-0.4, -0.2) is 26.5 Å². The number of carboxylic acid groups (broad SMARTS) is 1. The van der Waals surface area contributed by atoms with Gasteiger partial charge in [0.15, 0.2) is 0 Å². The van der Waals surface area contributed by atoms with Crippen LogP contribution in [-0.2, 0) is 16.1 Å². The largest absolute Gasteiger partial charge is 0.477 e. The van der Waals surface area contributed by atoms with Crippen LogP contribution in [0.15, 0.2) is 63.4 Å². The second kappa shape index (κ2) is 8.37. The Hall–Kier alpha value is -3.42. The third kappa shape index (κ3) is 4.10. The molecule has 4 rings (SSSR count). The average Bonchev–Trinajstić information content (AvgIpc) is 3.16. The van der Waals surface area contributed by atoms with Crippen LogP contribution in [0, 0.1) is 0 Å². The Labute approximate surface area is 186 Å². The molecule has 0 saturated heterocycles. The molecule has 3 aromatic rings. The summed E-state index contributed by atoms with van der Waals surface area (Å²) in [6.07, 6.45) is 2.69. The van der Waals surface area contributed by atoms with Gasteiger partial charge < -0.3 is 10.4 Å². The van der Waals surface area contributed by atoms with Crippen molar-refractivity contribution in [3.63, 3.8) is 0 Å². The Kier molecular flexibility index (Phi) is 5.63. The number of aliphatic carboxylic acids is 1. The van der Waals surface area contributed by atoms with E-state index in [0.29, 0.717) is 35.4 Å². The Morgan fingerprint density at radius 3 is 2.55 bits per heavy atom. The molecular weight excluding hydrogens is 441 g/mol. The number of carbonyl (C=O) groups is 2. The van der Waals surface area contributed by atoms with Crippen molar-refractivity contribution in [2.24, 2.45) is 0 Å². The standard InChI is InChI=1S/C22H15Cl2N3O4/c23-17(18(24)22(30)31)20(28)25-14-6-7-15-16(11-14)26-19-13(8-9-27(19)21(15)29)10-12-4-2-1-3-5-12/h1-7,10-11H,8-9H2,(H,25,28)(H,30,31). The molecule has 31 heavy (non-hydrogen) atoms. The van der Waals surface area contributed by atoms with Gasteiger partial charge >= 0.3 is 5.97 Å². The van der Waals surface area contributed by atoms with Gasteiger partial charge in [0.1, 0.15) is 15.9 Å². The van der Waals surface area contributed by atoms with Crippen LogP contribution in [0.25, 0.3) is 22.6 Å². The predicted molar refractivity (Wildman–Crippen MR) is 120 cm³/mol. The van der Waals surface area contributed by atoms with Gasteiger partial charge in [-0.2, -0.15) is 0 Å². The van der Waals surface area contributed by atoms with Crippen LogP contribution in [0.3, 0.4) is 0 Å². The van der Waals surface area contributed by atoms with E-state index < -0.39 is 21.9 Å². The maximum Gasteiger partial charge on any atom is 0.349 e. The number of amides is 1. The van der Waals surface area contributed by atoms with Gasteiger partial charge in [0.25, 0.3) is 11.5 Å². The Balaban J connectivity index is 1.73. The fourth-order valence-corrected chi connectivity index (χ4v) is 3.58. The molecule has 0 saturated carbocycles. The molecule has 0 radical (unpaired) electrons. The molecule has 2 N–H and O–H groups in total. The van der Waals surface area contributed by atoms with Crippen molar-refractivity contribution >= 4 is 63.3 Å². The third-order valence-electron chi connectivity index (χ3n) is 4.83. The van der Waals surface area contributed by atoms with Crippen molar-refractivity contribution < 1.29 is 14.7 Å². The minimum atomic E-state index is -1.51. The Morgan fingerprint density at radius 1 is 1.10 bits per heavy atom. The summed E-state index contributed by atoms with van der Waals surface area (Å²) < 4.78 is 1.64. The second-order valence-corrected chi connectivity index (χ2v) is 7.60. The minimum absolute atomic E-state index is 0.166. The highest BCUT2D eigenvalue weighted by Gasteiger charge is 2.22. The molecule has 7 nitrogen and oxygen atoms in total. The first-order valence-corrected chi connectivity index (χ1v) is 10.0. The first-order chi connectivity index (χ1) is 14.8. The number of fused-ring (bicyclic) bond motifs is 2. The first kappa shape index (κ1) is 20.8. The van der Waals surface area contributed by atoms with Gasteiger partial charge in [-0.05, 0) is 41.8 Å². The van der Waals surface area contributed by atoms with E-state index >= 15 is 0 Å². The van der Waals surface area contributed by atoms with E-state index in [0.717, 1.165) is 11.1 Å². The molecule has 2 heterocycles. The number of rotatable bonds is 4. The molecule has 156 valence electrons. The van der Waals surface area contributed by atoms with Crippen molar-refractivity contribution in [1.82, 2.24) is 9.55 Å². The van der Waals surface area contributed by atoms with Gasteiger partial charge in [-0.1, -0.05) is 53.5 Å². The number of hydrogen-bond acceptors (Lipinski definition) is 4. The van der Waals surface area contributed by atoms with Crippen molar-refractivity contribution in [3.8, 4) is 0 Å². The summed E-state index contributed by atoms with van der Waals surface area (Å²) in [5.74, 6) is -1.81. The number of allylic oxidation sites excluding steroid dienone is 1. The normalized spacial score (nSPS) is 15.0. The Bertz CT molecular complexity index is 1340. The van der Waals surface area contributed by atoms with Crippen LogP contribution < -0.4 is 10.9 Å². The SMILES string of the molecule is O=C(O)C(Cl)=C(Cl)C(=O)Nc1ccc2c(=O)n3c(nc2c1)C(=Cc1ccccc1)CC3. The number of benzene rings is 2. The van der Waals surface area contributed by atoms with Crippen molar-refractivity contribution in [2.75, 3.05) is 5.32 Å². The highest BCUT2D eigenvalue weighted by atomic mass is 35.5. The van der Waals surface area contributed by atoms with E-state index in [2.05, 4.69) is 10.3 Å². The molecule has 0 aliphatic carbocycles. The van der Waals surface area contributed by atoms with Crippen LogP contribution in [0.5, 0.6) is 0 Å². The molecule has 1 aromatic heterocycles. The number of nitrogens with zero attached hydrogens (tertiary/aromatic N) is 2. The molecular formula is C22H15Cl2N3O4. The number of hydrogen-bond donors (Lipinski definition) is 2. The number of carbonyl (C=O) groups excluding carboxylic acids is 1. The predicted octanol–water partition coefficient (Wildman–Crippen LogP) is 4.05. The molecule has 0 fully saturated rings. The molecule has 0 unspecified atom stereocenters. The summed E-state index contributed by atoms with van der Waals surface area (Å²) in [6.45, 7) is 0.544. The zero-order chi connectivity index (χ0) is 22.1. The summed E-state index contributed by atoms with van der Waals surface area (Å²) in [7, 11) is 0. The van der Waals surface area contributed by atoms with Gasteiger partial charge in [-0.3, -0.25) is 14.2 Å². The quantitative estimate of drug-likeness (QED) is 0.577. The van der Waals surface area contributed by atoms with Crippen molar-refractivity contribution in [1.29, 1.82) is 0 Å². The highest BCUT2D eigenvalue weighted by Crippen LogP contribution is 2.28. The summed E-state index contributed by atoms with van der Waals surface area (Å²) in [5.41, 5.74) is 2.49. The Morgan fingerprint density at radius 2 is 1.84 bits per heavy atom.